The molecular formula is C25H25ClN4O4. The van der Waals surface area contributed by atoms with Crippen molar-refractivity contribution in [1.82, 2.24) is 14.9 Å². The Morgan fingerprint density at radius 3 is 2.68 bits per heavy atom. The number of nitrogens with zero attached hydrogens (tertiary/aromatic N) is 2. The van der Waals surface area contributed by atoms with Crippen molar-refractivity contribution in [3.05, 3.63) is 86.5 Å². The van der Waals surface area contributed by atoms with Gasteiger partial charge in [-0.15, -0.1) is 0 Å². The lowest BCUT2D eigenvalue weighted by molar-refractivity contribution is 0.0942. The van der Waals surface area contributed by atoms with Crippen molar-refractivity contribution in [2.24, 2.45) is 0 Å². The molecular weight excluding hydrogens is 456 g/mol. The molecule has 4 rings (SSSR count). The number of furan rings is 1. The van der Waals surface area contributed by atoms with E-state index in [1.807, 2.05) is 44.2 Å². The van der Waals surface area contributed by atoms with E-state index in [4.69, 9.17) is 21.1 Å². The minimum absolute atomic E-state index is 0.0409. The highest BCUT2D eigenvalue weighted by molar-refractivity contribution is 6.30. The number of carbonyl (C=O) groups excluding carboxylic acids is 1. The molecule has 9 heteroatoms. The number of nitrogens with one attached hydrogen (secondary N) is 2. The number of fused-ring (bicyclic) bond motifs is 1. The van der Waals surface area contributed by atoms with E-state index in [1.165, 1.54) is 10.8 Å². The molecule has 0 saturated carbocycles. The molecule has 0 spiro atoms. The number of aryl methyl sites for hydroxylation is 2. The Bertz CT molecular complexity index is 1390. The van der Waals surface area contributed by atoms with Crippen molar-refractivity contribution in [3.63, 3.8) is 0 Å². The number of carbonyl (C=O) groups is 1. The molecule has 8 nitrogen and oxygen atoms in total. The molecule has 0 saturated heterocycles. The van der Waals surface area contributed by atoms with Gasteiger partial charge in [-0.05, 0) is 48.4 Å². The van der Waals surface area contributed by atoms with Crippen molar-refractivity contribution in [1.29, 1.82) is 0 Å². The van der Waals surface area contributed by atoms with Gasteiger partial charge in [-0.25, -0.2) is 4.98 Å². The molecule has 2 aromatic heterocycles. The average molecular weight is 481 g/mol. The number of benzene rings is 2. The molecule has 34 heavy (non-hydrogen) atoms. The minimum atomic E-state index is -0.592. The van der Waals surface area contributed by atoms with Crippen LogP contribution >= 0.6 is 11.6 Å². The number of aromatic nitrogens is 2. The van der Waals surface area contributed by atoms with Crippen LogP contribution < -0.4 is 16.2 Å². The number of amides is 1. The molecule has 3 N–H and O–H groups in total. The lowest BCUT2D eigenvalue weighted by atomic mass is 10.1. The summed E-state index contributed by atoms with van der Waals surface area (Å²) in [4.78, 5) is 30.1. The summed E-state index contributed by atoms with van der Waals surface area (Å²) in [6.45, 7) is 4.05. The topological polar surface area (TPSA) is 109 Å². The zero-order chi connectivity index (χ0) is 24.2. The SMILES string of the molecule is CCc1oc2ccc(Nc3ncc(C(=O)NCCO)c(=O)n3Cc3ccc(Cl)cc3)cc2c1C. The van der Waals surface area contributed by atoms with E-state index in [-0.39, 0.29) is 31.2 Å². The Kier molecular flexibility index (Phi) is 7.00. The summed E-state index contributed by atoms with van der Waals surface area (Å²) in [5, 5.41) is 16.3. The average Bonchev–Trinajstić information content (AvgIpc) is 3.16. The van der Waals surface area contributed by atoms with Crippen LogP contribution in [0.4, 0.5) is 11.6 Å². The van der Waals surface area contributed by atoms with Crippen LogP contribution in [0.3, 0.4) is 0 Å². The van der Waals surface area contributed by atoms with Gasteiger partial charge >= 0.3 is 0 Å². The number of anilines is 2. The van der Waals surface area contributed by atoms with E-state index in [0.717, 1.165) is 40.0 Å². The summed E-state index contributed by atoms with van der Waals surface area (Å²) in [7, 11) is 0. The highest BCUT2D eigenvalue weighted by atomic mass is 35.5. The van der Waals surface area contributed by atoms with Crippen LogP contribution in [0.1, 0.15) is 34.2 Å². The predicted octanol–water partition coefficient (Wildman–Crippen LogP) is 4.03. The van der Waals surface area contributed by atoms with E-state index < -0.39 is 11.5 Å². The molecule has 0 radical (unpaired) electrons. The fraction of sp³-hybridized carbons (Fsp3) is 0.240. The van der Waals surface area contributed by atoms with Crippen LogP contribution in [-0.4, -0.2) is 33.7 Å². The highest BCUT2D eigenvalue weighted by Crippen LogP contribution is 2.29. The first-order valence-electron chi connectivity index (χ1n) is 10.9. The molecule has 0 fully saturated rings. The molecule has 4 aromatic rings. The largest absolute Gasteiger partial charge is 0.461 e. The normalized spacial score (nSPS) is 11.1. The quantitative estimate of drug-likeness (QED) is 0.351. The van der Waals surface area contributed by atoms with Crippen LogP contribution in [0.2, 0.25) is 5.02 Å². The van der Waals surface area contributed by atoms with Gasteiger partial charge in [0.25, 0.3) is 11.5 Å². The number of halogens is 1. The van der Waals surface area contributed by atoms with Gasteiger partial charge < -0.3 is 20.2 Å². The lowest BCUT2D eigenvalue weighted by Gasteiger charge is -2.15. The number of aliphatic hydroxyl groups excluding tert-OH is 1. The number of aliphatic hydroxyl groups is 1. The van der Waals surface area contributed by atoms with Gasteiger partial charge in [-0.1, -0.05) is 30.7 Å². The zero-order valence-electron chi connectivity index (χ0n) is 18.9. The molecule has 2 aromatic carbocycles. The molecule has 0 aliphatic rings. The molecule has 0 unspecified atom stereocenters. The van der Waals surface area contributed by atoms with Gasteiger partial charge in [0.2, 0.25) is 5.95 Å². The Morgan fingerprint density at radius 2 is 1.97 bits per heavy atom. The Labute approximate surface area is 201 Å². The summed E-state index contributed by atoms with van der Waals surface area (Å²) >= 11 is 6.00. The van der Waals surface area contributed by atoms with Gasteiger partial charge in [0.15, 0.2) is 0 Å². The number of rotatable bonds is 8. The monoisotopic (exact) mass is 480 g/mol. The van der Waals surface area contributed by atoms with E-state index >= 15 is 0 Å². The van der Waals surface area contributed by atoms with Crippen molar-refractivity contribution < 1.29 is 14.3 Å². The summed E-state index contributed by atoms with van der Waals surface area (Å²) in [5.74, 6) is 0.628. The zero-order valence-corrected chi connectivity index (χ0v) is 19.6. The molecule has 176 valence electrons. The summed E-state index contributed by atoms with van der Waals surface area (Å²) in [6.07, 6.45) is 2.04. The fourth-order valence-electron chi connectivity index (χ4n) is 3.75. The third-order valence-electron chi connectivity index (χ3n) is 5.56. The third-order valence-corrected chi connectivity index (χ3v) is 5.81. The first-order chi connectivity index (χ1) is 16.4. The van der Waals surface area contributed by atoms with Crippen LogP contribution in [0.5, 0.6) is 0 Å². The van der Waals surface area contributed by atoms with Gasteiger partial charge in [-0.3, -0.25) is 14.2 Å². The molecule has 0 aliphatic carbocycles. The van der Waals surface area contributed by atoms with E-state index in [2.05, 4.69) is 15.6 Å². The minimum Gasteiger partial charge on any atom is -0.461 e. The third kappa shape index (κ3) is 4.83. The smallest absolute Gasteiger partial charge is 0.268 e. The maximum atomic E-state index is 13.3. The standard InChI is InChI=1S/C25H25ClN4O4/c1-3-21-15(2)19-12-18(8-9-22(19)34-21)29-25-28-13-20(23(32)27-10-11-31)24(33)30(25)14-16-4-6-17(26)7-5-16/h4-9,12-13,31H,3,10-11,14H2,1-2H3,(H,27,32)(H,28,29). The molecule has 2 heterocycles. The Balaban J connectivity index is 1.74. The van der Waals surface area contributed by atoms with E-state index in [1.54, 1.807) is 12.1 Å². The second-order valence-corrected chi connectivity index (χ2v) is 8.27. The first kappa shape index (κ1) is 23.5. The van der Waals surface area contributed by atoms with Crippen LogP contribution in [-0.2, 0) is 13.0 Å². The number of hydrogen-bond donors (Lipinski definition) is 3. The van der Waals surface area contributed by atoms with Gasteiger partial charge in [0.05, 0.1) is 13.2 Å². The van der Waals surface area contributed by atoms with Crippen LogP contribution in [0.15, 0.2) is 57.9 Å². The molecule has 0 bridgehead atoms. The predicted molar refractivity (Wildman–Crippen MR) is 132 cm³/mol. The molecule has 0 aliphatic heterocycles. The van der Waals surface area contributed by atoms with Crippen molar-refractivity contribution in [2.45, 2.75) is 26.8 Å². The van der Waals surface area contributed by atoms with E-state index in [0.29, 0.717) is 5.02 Å². The summed E-state index contributed by atoms with van der Waals surface area (Å²) in [6, 6.07) is 12.8. The first-order valence-corrected chi connectivity index (χ1v) is 11.3. The Morgan fingerprint density at radius 1 is 1.21 bits per heavy atom. The number of hydrogen-bond acceptors (Lipinski definition) is 6. The van der Waals surface area contributed by atoms with Crippen LogP contribution in [0, 0.1) is 6.92 Å². The maximum absolute atomic E-state index is 13.3. The second kappa shape index (κ2) is 10.1. The summed E-state index contributed by atoms with van der Waals surface area (Å²) < 4.78 is 7.29. The van der Waals surface area contributed by atoms with Crippen molar-refractivity contribution >= 4 is 40.1 Å². The van der Waals surface area contributed by atoms with Gasteiger partial charge in [0.1, 0.15) is 16.9 Å². The fourth-order valence-corrected chi connectivity index (χ4v) is 3.87. The van der Waals surface area contributed by atoms with Crippen molar-refractivity contribution in [2.75, 3.05) is 18.5 Å². The lowest BCUT2D eigenvalue weighted by Crippen LogP contribution is -2.35. The van der Waals surface area contributed by atoms with Gasteiger partial charge in [0, 0.05) is 35.3 Å². The molecule has 1 amide bonds. The summed E-state index contributed by atoms with van der Waals surface area (Å²) in [5.41, 5.74) is 2.80. The Hall–Kier alpha value is -3.62. The highest BCUT2D eigenvalue weighted by Gasteiger charge is 2.17. The second-order valence-electron chi connectivity index (χ2n) is 7.83. The molecule has 0 atom stereocenters. The van der Waals surface area contributed by atoms with Crippen LogP contribution in [0.25, 0.3) is 11.0 Å². The van der Waals surface area contributed by atoms with E-state index in [9.17, 15) is 9.59 Å². The maximum Gasteiger partial charge on any atom is 0.268 e. The van der Waals surface area contributed by atoms with Gasteiger partial charge in [-0.2, -0.15) is 0 Å². The van der Waals surface area contributed by atoms with Crippen molar-refractivity contribution in [3.8, 4) is 0 Å².